The third kappa shape index (κ3) is 14.9. The molecule has 0 spiro atoms. The highest BCUT2D eigenvalue weighted by atomic mass is 19.1. The van der Waals surface area contributed by atoms with Crippen molar-refractivity contribution >= 4 is 11.9 Å². The molecule has 0 heterocycles. The van der Waals surface area contributed by atoms with Crippen molar-refractivity contribution < 1.29 is 38.4 Å². The van der Waals surface area contributed by atoms with Crippen LogP contribution in [0.1, 0.15) is 159 Å². The van der Waals surface area contributed by atoms with E-state index in [0.717, 1.165) is 76.0 Å². The van der Waals surface area contributed by atoms with E-state index in [2.05, 4.69) is 57.3 Å². The number of aliphatic hydroxyl groups excluding tert-OH is 2. The Labute approximate surface area is 390 Å². The van der Waals surface area contributed by atoms with Crippen LogP contribution in [0.4, 0.5) is 4.39 Å². The average Bonchev–Trinajstić information content (AvgIpc) is 3.32. The normalized spacial score (nSPS) is 18.8. The topological polar surface area (TPSA) is 102 Å². The second kappa shape index (κ2) is 25.6. The summed E-state index contributed by atoms with van der Waals surface area (Å²) < 4.78 is 33.6. The summed E-state index contributed by atoms with van der Waals surface area (Å²) in [6.07, 6.45) is 19.2. The van der Waals surface area contributed by atoms with E-state index in [9.17, 15) is 19.8 Å². The van der Waals surface area contributed by atoms with Gasteiger partial charge in [-0.3, -0.25) is 0 Å². The van der Waals surface area contributed by atoms with E-state index in [1.54, 1.807) is 19.9 Å². The fourth-order valence-electron chi connectivity index (χ4n) is 10.1. The number of carbonyl (C=O) groups is 2. The molecule has 2 fully saturated rings. The van der Waals surface area contributed by atoms with E-state index >= 15 is 4.39 Å². The molecule has 3 aromatic carbocycles. The maximum atomic E-state index is 16.2. The molecular weight excluding hydrogens is 816 g/mol. The first kappa shape index (κ1) is 51.7. The Bertz CT molecular complexity index is 1980. The number of benzene rings is 3. The van der Waals surface area contributed by atoms with Gasteiger partial charge in [-0.05, 0) is 172 Å². The van der Waals surface area contributed by atoms with E-state index < -0.39 is 17.4 Å². The molecule has 0 amide bonds. The molecule has 0 atom stereocenters. The Balaban J connectivity index is 1.36. The van der Waals surface area contributed by atoms with Gasteiger partial charge in [0.1, 0.15) is 11.6 Å². The summed E-state index contributed by atoms with van der Waals surface area (Å²) in [6, 6.07) is 16.4. The van der Waals surface area contributed by atoms with Crippen LogP contribution in [0.3, 0.4) is 0 Å². The monoisotopic (exact) mass is 895 g/mol. The van der Waals surface area contributed by atoms with Crippen LogP contribution in [0.2, 0.25) is 0 Å². The number of ether oxygens (including phenoxy) is 3. The average molecular weight is 895 g/mol. The molecule has 0 radical (unpaired) electrons. The van der Waals surface area contributed by atoms with E-state index in [-0.39, 0.29) is 38.9 Å². The Morgan fingerprint density at radius 2 is 1.25 bits per heavy atom. The molecule has 0 unspecified atom stereocenters. The molecule has 0 aromatic heterocycles. The summed E-state index contributed by atoms with van der Waals surface area (Å²) in [6.45, 7) is 17.1. The van der Waals surface area contributed by atoms with Gasteiger partial charge in [-0.1, -0.05) is 103 Å². The molecule has 2 saturated carbocycles. The number of aryl methyl sites for hydroxylation is 3. The number of unbranched alkanes of at least 4 members (excludes halogenated alkanes) is 2. The van der Waals surface area contributed by atoms with E-state index in [1.165, 1.54) is 64.2 Å². The van der Waals surface area contributed by atoms with Crippen LogP contribution in [-0.2, 0) is 38.3 Å². The summed E-state index contributed by atoms with van der Waals surface area (Å²) in [5.74, 6) is 2.70. The predicted molar refractivity (Wildman–Crippen MR) is 262 cm³/mol. The van der Waals surface area contributed by atoms with Crippen molar-refractivity contribution in [3.8, 4) is 28.0 Å². The van der Waals surface area contributed by atoms with E-state index in [1.807, 2.05) is 19.1 Å². The minimum Gasteiger partial charge on any atom is -0.493 e. The van der Waals surface area contributed by atoms with Crippen LogP contribution < -0.4 is 4.74 Å². The summed E-state index contributed by atoms with van der Waals surface area (Å²) in [7, 11) is 0. The first-order valence-corrected chi connectivity index (χ1v) is 24.9. The fraction of sp³-hybridized carbons (Fsp3) is 0.579. The number of halogens is 1. The largest absolute Gasteiger partial charge is 0.493 e. The molecule has 0 aliphatic heterocycles. The van der Waals surface area contributed by atoms with E-state index in [0.29, 0.717) is 60.5 Å². The van der Waals surface area contributed by atoms with Crippen LogP contribution >= 0.6 is 0 Å². The molecule has 356 valence electrons. The lowest BCUT2D eigenvalue weighted by molar-refractivity contribution is -0.139. The second-order valence-corrected chi connectivity index (χ2v) is 19.7. The Morgan fingerprint density at radius 1 is 0.692 bits per heavy atom. The maximum absolute atomic E-state index is 16.2. The minimum absolute atomic E-state index is 0.176. The Morgan fingerprint density at radius 3 is 1.77 bits per heavy atom. The summed E-state index contributed by atoms with van der Waals surface area (Å²) in [5, 5.41) is 19.9. The number of hydrogen-bond acceptors (Lipinski definition) is 7. The van der Waals surface area contributed by atoms with Gasteiger partial charge in [0.05, 0.1) is 33.0 Å². The molecule has 0 bridgehead atoms. The van der Waals surface area contributed by atoms with Crippen molar-refractivity contribution in [2.24, 2.45) is 23.2 Å². The smallest absolute Gasteiger partial charge is 0.333 e. The summed E-state index contributed by atoms with van der Waals surface area (Å²) >= 11 is 0. The van der Waals surface area contributed by atoms with Crippen LogP contribution in [0.5, 0.6) is 5.75 Å². The van der Waals surface area contributed by atoms with Gasteiger partial charge < -0.3 is 24.4 Å². The zero-order valence-corrected chi connectivity index (χ0v) is 40.4. The van der Waals surface area contributed by atoms with Crippen molar-refractivity contribution in [1.29, 1.82) is 0 Å². The number of aliphatic hydroxyl groups is 2. The highest BCUT2D eigenvalue weighted by molar-refractivity contribution is 5.87. The third-order valence-electron chi connectivity index (χ3n) is 14.4. The van der Waals surface area contributed by atoms with Crippen LogP contribution in [0.25, 0.3) is 22.3 Å². The first-order chi connectivity index (χ1) is 31.3. The second-order valence-electron chi connectivity index (χ2n) is 19.7. The van der Waals surface area contributed by atoms with Gasteiger partial charge in [0.25, 0.3) is 0 Å². The lowest BCUT2D eigenvalue weighted by atomic mass is 9.68. The van der Waals surface area contributed by atoms with E-state index in [4.69, 9.17) is 14.2 Å². The van der Waals surface area contributed by atoms with Crippen LogP contribution in [0.15, 0.2) is 72.8 Å². The van der Waals surface area contributed by atoms with Gasteiger partial charge in [0, 0.05) is 22.1 Å². The number of hydrogen-bond donors (Lipinski definition) is 2. The van der Waals surface area contributed by atoms with Gasteiger partial charge >= 0.3 is 11.9 Å². The lowest BCUT2D eigenvalue weighted by Crippen LogP contribution is -2.28. The quantitative estimate of drug-likeness (QED) is 0.0496. The summed E-state index contributed by atoms with van der Waals surface area (Å²) in [4.78, 5) is 24.4. The SMILES string of the molecule is C=C(C)C(=O)OCCCc1cc(-c2ccc(-c3ccc(C4CCC(C5CCC(CCCCC)CC5)CC4)cc3F)cc2CC)cc(CCCOC(=O)C(=C)C)c1OCCC(C)(CO)CO. The molecule has 8 heteroatoms. The van der Waals surface area contributed by atoms with Crippen molar-refractivity contribution in [2.75, 3.05) is 33.0 Å². The maximum Gasteiger partial charge on any atom is 0.333 e. The van der Waals surface area contributed by atoms with Crippen molar-refractivity contribution in [2.45, 2.75) is 156 Å². The molecule has 65 heavy (non-hydrogen) atoms. The van der Waals surface area contributed by atoms with Gasteiger partial charge in [-0.15, -0.1) is 0 Å². The van der Waals surface area contributed by atoms with Crippen LogP contribution in [0, 0.1) is 29.0 Å². The zero-order chi connectivity index (χ0) is 46.9. The molecule has 7 nitrogen and oxygen atoms in total. The summed E-state index contributed by atoms with van der Waals surface area (Å²) in [5.41, 5.74) is 7.47. The molecule has 2 aliphatic carbocycles. The molecule has 5 rings (SSSR count). The number of carbonyl (C=O) groups excluding carboxylic acids is 2. The standard InChI is InChI=1S/C57H79FO7/c1-8-10-11-14-41-17-19-43(20-18-41)44-21-23-45(24-22-44)46-25-28-52(53(58)36-46)47-26-27-51(42(9-2)33-47)50-34-48(15-12-30-64-55(61)39(3)4)54(63-32-29-57(7,37-59)38-60)49(35-50)16-13-31-65-56(62)40(5)6/h25-28,33-36,41,43-45,59-60H,3,5,8-24,29-32,37-38H2,1-2,4,6-7H3. The van der Waals surface area contributed by atoms with Gasteiger partial charge in [0.15, 0.2) is 0 Å². The molecule has 3 aromatic rings. The predicted octanol–water partition coefficient (Wildman–Crippen LogP) is 13.2. The molecule has 2 aliphatic rings. The van der Waals surface area contributed by atoms with Crippen molar-refractivity contribution in [3.05, 3.63) is 101 Å². The lowest BCUT2D eigenvalue weighted by Gasteiger charge is -2.38. The Kier molecular flexibility index (Phi) is 20.4. The number of esters is 2. The van der Waals surface area contributed by atoms with Crippen molar-refractivity contribution in [3.63, 3.8) is 0 Å². The van der Waals surface area contributed by atoms with Crippen molar-refractivity contribution in [1.82, 2.24) is 0 Å². The van der Waals surface area contributed by atoms with Gasteiger partial charge in [-0.25, -0.2) is 14.0 Å². The molecule has 2 N–H and O–H groups in total. The Hall–Kier alpha value is -4.27. The zero-order valence-electron chi connectivity index (χ0n) is 40.4. The van der Waals surface area contributed by atoms with Gasteiger partial charge in [-0.2, -0.15) is 0 Å². The highest BCUT2D eigenvalue weighted by Crippen LogP contribution is 2.45. The molecular formula is C57H79FO7. The highest BCUT2D eigenvalue weighted by Gasteiger charge is 2.32. The van der Waals surface area contributed by atoms with Crippen LogP contribution in [-0.4, -0.2) is 55.2 Å². The third-order valence-corrected chi connectivity index (χ3v) is 14.4. The minimum atomic E-state index is -0.711. The first-order valence-electron chi connectivity index (χ1n) is 24.9. The molecule has 0 saturated heterocycles. The number of rotatable bonds is 25. The fourth-order valence-corrected chi connectivity index (χ4v) is 10.1. The van der Waals surface area contributed by atoms with Gasteiger partial charge in [0.2, 0.25) is 0 Å².